The monoisotopic (exact) mass is 409 g/mol. The van der Waals surface area contributed by atoms with Gasteiger partial charge in [0.15, 0.2) is 11.6 Å². The number of nitrogens with zero attached hydrogens (tertiary/aromatic N) is 5. The quantitative estimate of drug-likeness (QED) is 0.603. The summed E-state index contributed by atoms with van der Waals surface area (Å²) in [6.45, 7) is 3.82. The number of hydrogen-bond donors (Lipinski definition) is 3. The molecule has 0 saturated carbocycles. The van der Waals surface area contributed by atoms with Crippen molar-refractivity contribution in [3.8, 4) is 28.4 Å². The van der Waals surface area contributed by atoms with Crippen LogP contribution in [-0.4, -0.2) is 50.1 Å². The van der Waals surface area contributed by atoms with E-state index in [1.807, 2.05) is 6.92 Å². The molecule has 3 aromatic heterocycles. The summed E-state index contributed by atoms with van der Waals surface area (Å²) in [6.07, 6.45) is 3.48. The van der Waals surface area contributed by atoms with Gasteiger partial charge in [-0.15, -0.1) is 0 Å². The molecule has 3 aromatic rings. The number of nitrogen functional groups attached to an aromatic ring is 2. The molecule has 1 unspecified atom stereocenters. The Kier molecular flexibility index (Phi) is 5.21. The van der Waals surface area contributed by atoms with Gasteiger partial charge in [-0.05, 0) is 57.1 Å². The molecule has 0 aromatic carbocycles. The molecule has 1 aliphatic rings. The van der Waals surface area contributed by atoms with Gasteiger partial charge in [0.25, 0.3) is 0 Å². The van der Waals surface area contributed by atoms with Crippen LogP contribution in [0.1, 0.15) is 30.0 Å². The van der Waals surface area contributed by atoms with Gasteiger partial charge in [-0.2, -0.15) is 0 Å². The summed E-state index contributed by atoms with van der Waals surface area (Å²) in [4.78, 5) is 19.3. The molecule has 5 N–H and O–H groups in total. The first-order valence-electron chi connectivity index (χ1n) is 9.78. The maximum Gasteiger partial charge on any atom is 0.220 e. The van der Waals surface area contributed by atoms with Crippen LogP contribution in [0.3, 0.4) is 0 Å². The van der Waals surface area contributed by atoms with Crippen molar-refractivity contribution < 1.29 is 9.50 Å². The first-order chi connectivity index (χ1) is 14.3. The van der Waals surface area contributed by atoms with Gasteiger partial charge >= 0.3 is 0 Å². The highest BCUT2D eigenvalue weighted by Crippen LogP contribution is 2.36. The summed E-state index contributed by atoms with van der Waals surface area (Å²) < 4.78 is 14.5. The summed E-state index contributed by atoms with van der Waals surface area (Å²) >= 11 is 0. The van der Waals surface area contributed by atoms with Gasteiger partial charge in [-0.1, -0.05) is 0 Å². The number of piperidine rings is 1. The van der Waals surface area contributed by atoms with Gasteiger partial charge < -0.3 is 21.5 Å². The number of nitrogens with two attached hydrogens (primary N) is 2. The van der Waals surface area contributed by atoms with E-state index in [4.69, 9.17) is 11.5 Å². The number of aromatic nitrogens is 4. The van der Waals surface area contributed by atoms with Crippen LogP contribution in [0.4, 0.5) is 16.2 Å². The van der Waals surface area contributed by atoms with Crippen LogP contribution < -0.4 is 11.5 Å². The van der Waals surface area contributed by atoms with Gasteiger partial charge in [0.1, 0.15) is 17.1 Å². The molecule has 156 valence electrons. The Hall–Kier alpha value is -3.33. The second-order valence-corrected chi connectivity index (χ2v) is 7.66. The topological polar surface area (TPSA) is 127 Å². The van der Waals surface area contributed by atoms with Crippen LogP contribution in [-0.2, 0) is 0 Å². The molecule has 4 rings (SSSR count). The van der Waals surface area contributed by atoms with Crippen molar-refractivity contribution in [2.75, 3.05) is 31.6 Å². The number of hydrogen-bond acceptors (Lipinski definition) is 8. The zero-order valence-corrected chi connectivity index (χ0v) is 16.9. The lowest BCUT2D eigenvalue weighted by Gasteiger charge is -2.30. The van der Waals surface area contributed by atoms with E-state index in [0.29, 0.717) is 11.4 Å². The van der Waals surface area contributed by atoms with E-state index in [9.17, 15) is 9.50 Å². The van der Waals surface area contributed by atoms with E-state index in [1.165, 1.54) is 24.4 Å². The number of anilines is 2. The largest absolute Gasteiger partial charge is 0.506 e. The Morgan fingerprint density at radius 3 is 2.70 bits per heavy atom. The van der Waals surface area contributed by atoms with Gasteiger partial charge in [0.05, 0.1) is 11.4 Å². The lowest BCUT2D eigenvalue weighted by Crippen LogP contribution is -2.31. The molecule has 0 bridgehead atoms. The molecule has 1 fully saturated rings. The molecule has 0 amide bonds. The summed E-state index contributed by atoms with van der Waals surface area (Å²) in [5.74, 6) is -0.615. The van der Waals surface area contributed by atoms with Crippen molar-refractivity contribution in [2.24, 2.45) is 0 Å². The normalized spacial score (nSPS) is 17.2. The van der Waals surface area contributed by atoms with E-state index in [2.05, 4.69) is 31.9 Å². The third-order valence-electron chi connectivity index (χ3n) is 5.50. The fraction of sp³-hybridized carbons (Fsp3) is 0.333. The number of halogens is 1. The lowest BCUT2D eigenvalue weighted by atomic mass is 9.91. The minimum Gasteiger partial charge on any atom is -0.506 e. The van der Waals surface area contributed by atoms with Crippen molar-refractivity contribution >= 4 is 11.8 Å². The zero-order valence-electron chi connectivity index (χ0n) is 16.9. The van der Waals surface area contributed by atoms with Gasteiger partial charge in [0.2, 0.25) is 5.95 Å². The minimum atomic E-state index is -0.661. The first kappa shape index (κ1) is 20.0. The van der Waals surface area contributed by atoms with Crippen molar-refractivity contribution in [1.29, 1.82) is 0 Å². The number of rotatable bonds is 3. The average molecular weight is 409 g/mol. The molecule has 0 spiro atoms. The van der Waals surface area contributed by atoms with E-state index in [-0.39, 0.29) is 34.7 Å². The number of pyridine rings is 2. The molecule has 4 heterocycles. The predicted octanol–water partition coefficient (Wildman–Crippen LogP) is 2.73. The SMILES string of the molecule is Cc1c(-c2nc(-c3ccnc(N)c3F)ccc2O)nc(N)nc1C1CCCN(C)C1. The number of likely N-dealkylation sites (N-methyl/N-ethyl adjacent to an activating group) is 1. The van der Waals surface area contributed by atoms with Crippen LogP contribution in [0.2, 0.25) is 0 Å². The highest BCUT2D eigenvalue weighted by atomic mass is 19.1. The van der Waals surface area contributed by atoms with Crippen LogP contribution in [0.25, 0.3) is 22.6 Å². The van der Waals surface area contributed by atoms with Gasteiger partial charge in [0, 0.05) is 24.2 Å². The van der Waals surface area contributed by atoms with Crippen LogP contribution >= 0.6 is 0 Å². The van der Waals surface area contributed by atoms with Gasteiger partial charge in [-0.3, -0.25) is 0 Å². The lowest BCUT2D eigenvalue weighted by molar-refractivity contribution is 0.248. The number of likely N-dealkylation sites (tertiary alicyclic amines) is 1. The van der Waals surface area contributed by atoms with Crippen LogP contribution in [0.5, 0.6) is 5.75 Å². The average Bonchev–Trinajstić information content (AvgIpc) is 2.72. The minimum absolute atomic E-state index is 0.0749. The third-order valence-corrected chi connectivity index (χ3v) is 5.50. The molecule has 0 aliphatic carbocycles. The van der Waals surface area contributed by atoms with E-state index in [1.54, 1.807) is 0 Å². The molecule has 1 atom stereocenters. The highest BCUT2D eigenvalue weighted by Gasteiger charge is 2.25. The third kappa shape index (κ3) is 3.63. The Labute approximate surface area is 173 Å². The standard InChI is InChI=1S/C21H24FN7O/c1-11-17(12-4-3-9-29(2)10-12)27-21(24)28-18(11)19-15(30)6-5-14(26-19)13-7-8-25-20(23)16(13)22/h5-8,12,30H,3-4,9-10H2,1-2H3,(H2,23,25)(H2,24,27,28). The zero-order chi connectivity index (χ0) is 21.4. The van der Waals surface area contributed by atoms with Crippen LogP contribution in [0.15, 0.2) is 24.4 Å². The maximum atomic E-state index is 14.5. The van der Waals surface area contributed by atoms with Crippen molar-refractivity contribution in [1.82, 2.24) is 24.8 Å². The van der Waals surface area contributed by atoms with Crippen molar-refractivity contribution in [2.45, 2.75) is 25.7 Å². The second kappa shape index (κ2) is 7.83. The highest BCUT2D eigenvalue weighted by molar-refractivity contribution is 5.72. The smallest absolute Gasteiger partial charge is 0.220 e. The Morgan fingerprint density at radius 2 is 1.93 bits per heavy atom. The molecule has 1 saturated heterocycles. The molecular weight excluding hydrogens is 385 g/mol. The molecule has 30 heavy (non-hydrogen) atoms. The Balaban J connectivity index is 1.83. The predicted molar refractivity (Wildman–Crippen MR) is 113 cm³/mol. The molecule has 8 nitrogen and oxygen atoms in total. The summed E-state index contributed by atoms with van der Waals surface area (Å²) in [5.41, 5.74) is 14.4. The molecule has 9 heteroatoms. The summed E-state index contributed by atoms with van der Waals surface area (Å²) in [5, 5.41) is 10.5. The second-order valence-electron chi connectivity index (χ2n) is 7.66. The Morgan fingerprint density at radius 1 is 1.13 bits per heavy atom. The maximum absolute atomic E-state index is 14.5. The number of aromatic hydroxyl groups is 1. The molecule has 0 radical (unpaired) electrons. The summed E-state index contributed by atoms with van der Waals surface area (Å²) in [7, 11) is 2.08. The van der Waals surface area contributed by atoms with E-state index < -0.39 is 5.82 Å². The fourth-order valence-corrected chi connectivity index (χ4v) is 4.00. The Bertz CT molecular complexity index is 1100. The van der Waals surface area contributed by atoms with Crippen LogP contribution in [0, 0.1) is 12.7 Å². The van der Waals surface area contributed by atoms with Gasteiger partial charge in [-0.25, -0.2) is 24.3 Å². The van der Waals surface area contributed by atoms with Crippen molar-refractivity contribution in [3.05, 3.63) is 41.5 Å². The van der Waals surface area contributed by atoms with E-state index in [0.717, 1.165) is 37.2 Å². The fourth-order valence-electron chi connectivity index (χ4n) is 4.00. The van der Waals surface area contributed by atoms with Crippen molar-refractivity contribution in [3.63, 3.8) is 0 Å². The first-order valence-corrected chi connectivity index (χ1v) is 9.78. The summed E-state index contributed by atoms with van der Waals surface area (Å²) in [6, 6.07) is 4.46. The molecular formula is C21H24FN7O. The molecule has 1 aliphatic heterocycles. The van der Waals surface area contributed by atoms with E-state index >= 15 is 0 Å².